The fourth-order valence-corrected chi connectivity index (χ4v) is 5.11. The summed E-state index contributed by atoms with van der Waals surface area (Å²) >= 11 is 0. The number of aromatic nitrogens is 1. The molecule has 0 bridgehead atoms. The molecule has 1 N–H and O–H groups in total. The predicted molar refractivity (Wildman–Crippen MR) is 113 cm³/mol. The molecule has 0 spiro atoms. The van der Waals surface area contributed by atoms with Gasteiger partial charge in [-0.25, -0.2) is 13.4 Å². The zero-order valence-corrected chi connectivity index (χ0v) is 17.7. The Morgan fingerprint density at radius 3 is 2.47 bits per heavy atom. The smallest absolute Gasteiger partial charge is 0.251 e. The summed E-state index contributed by atoms with van der Waals surface area (Å²) in [5.41, 5.74) is 1.32. The van der Waals surface area contributed by atoms with Gasteiger partial charge in [-0.2, -0.15) is 4.31 Å². The predicted octanol–water partition coefficient (Wildman–Crippen LogP) is 3.12. The second-order valence-corrected chi connectivity index (χ2v) is 9.78. The van der Waals surface area contributed by atoms with Crippen LogP contribution in [0, 0.1) is 0 Å². The maximum Gasteiger partial charge on any atom is 0.251 e. The van der Waals surface area contributed by atoms with E-state index in [1.807, 2.05) is 0 Å². The third-order valence-corrected chi connectivity index (χ3v) is 7.58. The number of benzene rings is 1. The Balaban J connectivity index is 1.34. The van der Waals surface area contributed by atoms with Gasteiger partial charge in [-0.1, -0.05) is 18.6 Å². The van der Waals surface area contributed by atoms with Crippen LogP contribution in [0.15, 0.2) is 47.5 Å². The van der Waals surface area contributed by atoms with Crippen LogP contribution >= 0.6 is 0 Å². The summed E-state index contributed by atoms with van der Waals surface area (Å²) in [5.74, 6) is 0.250. The Kier molecular flexibility index (Phi) is 6.34. The Hall–Kier alpha value is -2.45. The monoisotopic (exact) mass is 429 g/mol. The van der Waals surface area contributed by atoms with E-state index in [-0.39, 0.29) is 12.0 Å². The van der Waals surface area contributed by atoms with Crippen molar-refractivity contribution in [2.24, 2.45) is 0 Å². The summed E-state index contributed by atoms with van der Waals surface area (Å²) in [4.78, 5) is 16.9. The van der Waals surface area contributed by atoms with Gasteiger partial charge in [-0.3, -0.25) is 4.79 Å². The largest absolute Gasteiger partial charge is 0.474 e. The summed E-state index contributed by atoms with van der Waals surface area (Å²) in [6.45, 7) is 1.47. The highest BCUT2D eigenvalue weighted by molar-refractivity contribution is 7.89. The first-order valence-corrected chi connectivity index (χ1v) is 12.0. The second-order valence-electron chi connectivity index (χ2n) is 7.84. The molecule has 1 aromatic carbocycles. The van der Waals surface area contributed by atoms with Gasteiger partial charge in [0.25, 0.3) is 5.91 Å². The Morgan fingerprint density at radius 2 is 1.80 bits per heavy atom. The van der Waals surface area contributed by atoms with Crippen molar-refractivity contribution in [2.75, 3.05) is 13.1 Å². The van der Waals surface area contributed by atoms with Crippen LogP contribution in [-0.4, -0.2) is 42.8 Å². The van der Waals surface area contributed by atoms with Crippen LogP contribution < -0.4 is 10.1 Å². The van der Waals surface area contributed by atoms with Crippen molar-refractivity contribution < 1.29 is 17.9 Å². The minimum atomic E-state index is -3.44. The number of carbonyl (C=O) groups is 1. The molecule has 8 heteroatoms. The van der Waals surface area contributed by atoms with Crippen molar-refractivity contribution in [3.05, 3.63) is 53.7 Å². The van der Waals surface area contributed by atoms with Gasteiger partial charge in [0.15, 0.2) is 0 Å². The van der Waals surface area contributed by atoms with Crippen LogP contribution in [-0.2, 0) is 16.6 Å². The van der Waals surface area contributed by atoms with Crippen molar-refractivity contribution in [3.63, 3.8) is 0 Å². The number of carbonyl (C=O) groups excluding carboxylic acids is 1. The summed E-state index contributed by atoms with van der Waals surface area (Å²) in [6, 6.07) is 10.0. The molecule has 1 amide bonds. The number of piperidine rings is 1. The number of amides is 1. The first kappa shape index (κ1) is 20.8. The number of pyridine rings is 1. The van der Waals surface area contributed by atoms with E-state index in [9.17, 15) is 13.2 Å². The third kappa shape index (κ3) is 4.82. The molecule has 30 heavy (non-hydrogen) atoms. The number of hydrogen-bond acceptors (Lipinski definition) is 5. The minimum absolute atomic E-state index is 0.204. The van der Waals surface area contributed by atoms with E-state index in [0.29, 0.717) is 36.0 Å². The summed E-state index contributed by atoms with van der Waals surface area (Å²) in [6.07, 6.45) is 7.90. The Morgan fingerprint density at radius 1 is 1.07 bits per heavy atom. The van der Waals surface area contributed by atoms with Crippen LogP contribution in [0.4, 0.5) is 0 Å². The summed E-state index contributed by atoms with van der Waals surface area (Å²) < 4.78 is 32.7. The van der Waals surface area contributed by atoms with E-state index in [0.717, 1.165) is 37.7 Å². The molecular formula is C22H27N3O4S. The molecule has 1 aliphatic carbocycles. The van der Waals surface area contributed by atoms with Gasteiger partial charge in [-0.05, 0) is 55.9 Å². The van der Waals surface area contributed by atoms with Gasteiger partial charge in [0.05, 0.1) is 4.90 Å². The van der Waals surface area contributed by atoms with Gasteiger partial charge < -0.3 is 10.1 Å². The molecule has 1 aromatic heterocycles. The number of nitrogens with zero attached hydrogens (tertiary/aromatic N) is 2. The average molecular weight is 430 g/mol. The van der Waals surface area contributed by atoms with E-state index in [1.54, 1.807) is 46.9 Å². The van der Waals surface area contributed by atoms with Crippen LogP contribution in [0.3, 0.4) is 0 Å². The zero-order valence-electron chi connectivity index (χ0n) is 16.9. The average Bonchev–Trinajstić information content (AvgIpc) is 2.76. The summed E-state index contributed by atoms with van der Waals surface area (Å²) in [7, 11) is -3.44. The molecule has 1 saturated heterocycles. The quantitative estimate of drug-likeness (QED) is 0.731. The van der Waals surface area contributed by atoms with Gasteiger partial charge in [0.2, 0.25) is 15.9 Å². The van der Waals surface area contributed by atoms with Gasteiger partial charge >= 0.3 is 0 Å². The van der Waals surface area contributed by atoms with Crippen molar-refractivity contribution in [2.45, 2.75) is 56.1 Å². The highest BCUT2D eigenvalue weighted by atomic mass is 32.2. The minimum Gasteiger partial charge on any atom is -0.474 e. The Labute approximate surface area is 177 Å². The number of ether oxygens (including phenoxy) is 1. The van der Waals surface area contributed by atoms with Crippen molar-refractivity contribution in [1.29, 1.82) is 0 Å². The molecule has 4 rings (SSSR count). The molecule has 160 valence electrons. The molecule has 2 aromatic rings. The summed E-state index contributed by atoms with van der Waals surface area (Å²) in [5, 5.41) is 2.86. The maximum absolute atomic E-state index is 12.7. The van der Waals surface area contributed by atoms with Crippen molar-refractivity contribution in [3.8, 4) is 5.88 Å². The van der Waals surface area contributed by atoms with E-state index < -0.39 is 10.0 Å². The van der Waals surface area contributed by atoms with Crippen LogP contribution in [0.5, 0.6) is 5.88 Å². The van der Waals surface area contributed by atoms with E-state index >= 15 is 0 Å². The molecule has 0 unspecified atom stereocenters. The number of sulfonamides is 1. The first-order valence-electron chi connectivity index (χ1n) is 10.5. The molecule has 2 aliphatic rings. The van der Waals surface area contributed by atoms with Crippen molar-refractivity contribution >= 4 is 15.9 Å². The van der Waals surface area contributed by atoms with Crippen LogP contribution in [0.25, 0.3) is 0 Å². The number of hydrogen-bond donors (Lipinski definition) is 1. The molecule has 2 heterocycles. The lowest BCUT2D eigenvalue weighted by Gasteiger charge is -2.25. The van der Waals surface area contributed by atoms with Gasteiger partial charge in [0.1, 0.15) is 6.10 Å². The van der Waals surface area contributed by atoms with E-state index in [2.05, 4.69) is 10.3 Å². The second kappa shape index (κ2) is 9.14. The highest BCUT2D eigenvalue weighted by Crippen LogP contribution is 2.24. The lowest BCUT2D eigenvalue weighted by Crippen LogP contribution is -2.35. The number of rotatable bonds is 7. The molecule has 0 radical (unpaired) electrons. The van der Waals surface area contributed by atoms with E-state index in [4.69, 9.17) is 4.74 Å². The molecule has 2 fully saturated rings. The van der Waals surface area contributed by atoms with Gasteiger partial charge in [0, 0.05) is 37.5 Å². The Bertz CT molecular complexity index is 982. The van der Waals surface area contributed by atoms with E-state index in [1.165, 1.54) is 6.42 Å². The fourth-order valence-electron chi connectivity index (χ4n) is 3.59. The van der Waals surface area contributed by atoms with Crippen molar-refractivity contribution in [1.82, 2.24) is 14.6 Å². The molecule has 0 atom stereocenters. The SMILES string of the molecule is O=C(NCc1ccc(S(=O)(=O)N2CCCCC2)cc1)c1ccnc(OC2CCC2)c1. The zero-order chi connectivity index (χ0) is 21.0. The molecule has 1 aliphatic heterocycles. The first-order chi connectivity index (χ1) is 14.5. The lowest BCUT2D eigenvalue weighted by molar-refractivity contribution is 0.0946. The highest BCUT2D eigenvalue weighted by Gasteiger charge is 2.25. The fraction of sp³-hybridized carbons (Fsp3) is 0.455. The van der Waals surface area contributed by atoms with Gasteiger partial charge in [-0.15, -0.1) is 0 Å². The standard InChI is InChI=1S/C22H27N3O4S/c26-22(18-11-12-23-21(15-18)29-19-5-4-6-19)24-16-17-7-9-20(10-8-17)30(27,28)25-13-2-1-3-14-25/h7-12,15,19H,1-6,13-14,16H2,(H,24,26). The lowest BCUT2D eigenvalue weighted by atomic mass is 9.96. The normalized spacial score (nSPS) is 17.9. The van der Waals surface area contributed by atoms with Crippen LogP contribution in [0.1, 0.15) is 54.4 Å². The third-order valence-electron chi connectivity index (χ3n) is 5.67. The molecule has 1 saturated carbocycles. The molecular weight excluding hydrogens is 402 g/mol. The van der Waals surface area contributed by atoms with Crippen LogP contribution in [0.2, 0.25) is 0 Å². The molecule has 7 nitrogen and oxygen atoms in total. The topological polar surface area (TPSA) is 88.6 Å². The number of nitrogens with one attached hydrogen (secondary N) is 1. The maximum atomic E-state index is 12.7.